The van der Waals surface area contributed by atoms with E-state index >= 15 is 0 Å². The van der Waals surface area contributed by atoms with Crippen molar-refractivity contribution in [1.82, 2.24) is 14.6 Å². The van der Waals surface area contributed by atoms with Crippen LogP contribution in [0.3, 0.4) is 0 Å². The lowest BCUT2D eigenvalue weighted by Gasteiger charge is -2.26. The Bertz CT molecular complexity index is 1820. The van der Waals surface area contributed by atoms with Gasteiger partial charge in [-0.15, -0.1) is 6.42 Å². The number of halogens is 1. The molecule has 0 bridgehead atoms. The molecule has 0 spiro atoms. The molecular weight excluding hydrogens is 783 g/mol. The first-order valence-corrected chi connectivity index (χ1v) is 22.7. The second kappa shape index (κ2) is 25.0. The Balaban J connectivity index is 1.20. The molecule has 0 amide bonds. The molecule has 4 rings (SSSR count). The van der Waals surface area contributed by atoms with Gasteiger partial charge in [0.2, 0.25) is 0 Å². The number of phosphoric acid groups is 1. The first kappa shape index (κ1) is 47.8. The Morgan fingerprint density at radius 3 is 2.22 bits per heavy atom. The number of aliphatic hydroxyl groups is 2. The van der Waals surface area contributed by atoms with Crippen LogP contribution in [0.15, 0.2) is 36.7 Å². The van der Waals surface area contributed by atoms with E-state index in [0.717, 1.165) is 19.3 Å². The molecule has 3 heterocycles. The van der Waals surface area contributed by atoms with Crippen LogP contribution in [0.4, 0.5) is 0 Å². The van der Waals surface area contributed by atoms with Crippen LogP contribution in [0.5, 0.6) is 0 Å². The van der Waals surface area contributed by atoms with Gasteiger partial charge in [-0.3, -0.25) is 9.05 Å². The number of nitriles is 1. The van der Waals surface area contributed by atoms with Crippen molar-refractivity contribution in [1.29, 1.82) is 5.26 Å². The molecular formula is C43H62ClN4O9P. The van der Waals surface area contributed by atoms with E-state index in [1.54, 1.807) is 37.3 Å². The van der Waals surface area contributed by atoms with Crippen LogP contribution in [0, 0.1) is 30.6 Å². The molecule has 2 aromatic heterocycles. The van der Waals surface area contributed by atoms with Gasteiger partial charge in [0.15, 0.2) is 5.60 Å². The maximum Gasteiger partial charge on any atom is 0.472 e. The van der Waals surface area contributed by atoms with Gasteiger partial charge in [-0.05, 0) is 43.2 Å². The molecule has 1 fully saturated rings. The summed E-state index contributed by atoms with van der Waals surface area (Å²) in [6.07, 6.45) is 22.3. The van der Waals surface area contributed by atoms with Crippen molar-refractivity contribution in [3.8, 4) is 18.4 Å². The van der Waals surface area contributed by atoms with Crippen molar-refractivity contribution < 1.29 is 42.9 Å². The number of hydrogen-bond donors (Lipinski definition) is 3. The smallest absolute Gasteiger partial charge is 0.387 e. The molecule has 3 N–H and O–H groups in total. The lowest BCUT2D eigenvalue weighted by molar-refractivity contribution is -0.0681. The zero-order valence-electron chi connectivity index (χ0n) is 34.1. The van der Waals surface area contributed by atoms with Gasteiger partial charge in [0.1, 0.15) is 36.8 Å². The van der Waals surface area contributed by atoms with E-state index in [9.17, 15) is 24.9 Å². The second-order valence-corrected chi connectivity index (χ2v) is 17.0. The van der Waals surface area contributed by atoms with Crippen LogP contribution in [-0.4, -0.2) is 80.5 Å². The lowest BCUT2D eigenvalue weighted by atomic mass is 9.92. The third-order valence-corrected chi connectivity index (χ3v) is 11.9. The summed E-state index contributed by atoms with van der Waals surface area (Å²) >= 11 is 6.09. The van der Waals surface area contributed by atoms with Crippen molar-refractivity contribution in [3.05, 3.63) is 64.2 Å². The highest BCUT2D eigenvalue weighted by atomic mass is 35.5. The van der Waals surface area contributed by atoms with Gasteiger partial charge in [0.25, 0.3) is 0 Å². The number of nitrogens with zero attached hydrogens (tertiary/aromatic N) is 4. The number of unbranched alkanes of at least 4 members (excludes halogenated alkanes) is 15. The molecule has 3 aromatic rings. The summed E-state index contributed by atoms with van der Waals surface area (Å²) in [6, 6.07) is 10.3. The average Bonchev–Trinajstić information content (AvgIpc) is 3.77. The van der Waals surface area contributed by atoms with Crippen molar-refractivity contribution in [2.75, 3.05) is 26.4 Å². The van der Waals surface area contributed by atoms with Crippen LogP contribution < -0.4 is 0 Å². The normalized spacial score (nSPS) is 20.9. The van der Waals surface area contributed by atoms with E-state index in [0.29, 0.717) is 34.0 Å². The molecule has 0 aliphatic carbocycles. The van der Waals surface area contributed by atoms with Gasteiger partial charge < -0.3 is 29.3 Å². The van der Waals surface area contributed by atoms with Crippen LogP contribution in [-0.2, 0) is 40.0 Å². The third-order valence-electron chi connectivity index (χ3n) is 10.6. The summed E-state index contributed by atoms with van der Waals surface area (Å²) in [5.74, 6) is 2.45. The molecule has 0 radical (unpaired) electrons. The fraction of sp³-hybridized carbons (Fsp3) is 0.651. The number of ether oxygens (including phenoxy) is 3. The standard InChI is InChI=1S/C43H62ClN4O9P/c1-4-6-7-8-9-10-11-12-13-14-15-16-17-18-19-20-25-53-29-36(54-28-34-21-22-37(44)35(26-34)27-45)30-55-58(51,52)56-31-39-41(49)42(50)43(5-2,57-39)40-24-23-38-33(3)46-32-47-48(38)40/h2,21-24,26,32,36,39,41-42,49-50H,4,6-20,25,28-31H2,1,3H3,(H,51,52)/t36-,39-,41-,42-,43+/m1/s1. The fourth-order valence-corrected chi connectivity index (χ4v) is 8.08. The summed E-state index contributed by atoms with van der Waals surface area (Å²) in [5, 5.41) is 35.9. The maximum absolute atomic E-state index is 13.1. The van der Waals surface area contributed by atoms with Gasteiger partial charge in [-0.25, -0.2) is 14.1 Å². The predicted molar refractivity (Wildman–Crippen MR) is 222 cm³/mol. The minimum absolute atomic E-state index is 0.0614. The molecule has 15 heteroatoms. The number of rotatable bonds is 29. The zero-order chi connectivity index (χ0) is 41.8. The first-order chi connectivity index (χ1) is 28.0. The molecule has 0 saturated carbocycles. The minimum Gasteiger partial charge on any atom is -0.387 e. The Kier molecular flexibility index (Phi) is 20.6. The second-order valence-electron chi connectivity index (χ2n) is 15.1. The van der Waals surface area contributed by atoms with Crippen molar-refractivity contribution in [2.45, 2.75) is 153 Å². The number of benzene rings is 1. The van der Waals surface area contributed by atoms with E-state index in [4.69, 9.17) is 41.3 Å². The number of aromatic nitrogens is 3. The molecule has 320 valence electrons. The number of hydrogen-bond acceptors (Lipinski definition) is 11. The maximum atomic E-state index is 13.1. The Labute approximate surface area is 349 Å². The third kappa shape index (κ3) is 14.4. The fourth-order valence-electron chi connectivity index (χ4n) is 7.15. The van der Waals surface area contributed by atoms with Crippen LogP contribution in [0.25, 0.3) is 5.52 Å². The summed E-state index contributed by atoms with van der Waals surface area (Å²) in [5.41, 5.74) is 0.692. The van der Waals surface area contributed by atoms with E-state index < -0.39 is 44.4 Å². The molecule has 1 saturated heterocycles. The van der Waals surface area contributed by atoms with E-state index in [1.807, 2.05) is 6.07 Å². The monoisotopic (exact) mass is 844 g/mol. The SMILES string of the molecule is C#C[C@@]1(c2ccc3c(C)ncnn23)O[C@H](COP(=O)(O)OC[C@@H](COCCCCCCCCCCCCCCCCCC)OCc2ccc(Cl)c(C#N)c2)[C@@H](O)[C@H]1O. The summed E-state index contributed by atoms with van der Waals surface area (Å²) in [6.45, 7) is 3.67. The van der Waals surface area contributed by atoms with Gasteiger partial charge in [0, 0.05) is 6.61 Å². The topological polar surface area (TPSA) is 178 Å². The van der Waals surface area contributed by atoms with Gasteiger partial charge in [0.05, 0.1) is 53.9 Å². The Morgan fingerprint density at radius 2 is 1.60 bits per heavy atom. The van der Waals surface area contributed by atoms with Gasteiger partial charge in [-0.2, -0.15) is 10.4 Å². The van der Waals surface area contributed by atoms with E-state index in [2.05, 4.69) is 22.9 Å². The Morgan fingerprint density at radius 1 is 0.966 bits per heavy atom. The number of terminal acetylenes is 1. The Hall–Kier alpha value is -2.91. The summed E-state index contributed by atoms with van der Waals surface area (Å²) in [7, 11) is -4.74. The largest absolute Gasteiger partial charge is 0.472 e. The summed E-state index contributed by atoms with van der Waals surface area (Å²) in [4.78, 5) is 14.8. The highest BCUT2D eigenvalue weighted by Crippen LogP contribution is 2.46. The van der Waals surface area contributed by atoms with Crippen molar-refractivity contribution in [3.63, 3.8) is 0 Å². The molecule has 1 aliphatic rings. The van der Waals surface area contributed by atoms with Crippen LogP contribution >= 0.6 is 19.4 Å². The lowest BCUT2D eigenvalue weighted by Crippen LogP contribution is -2.41. The molecule has 1 unspecified atom stereocenters. The predicted octanol–water partition coefficient (Wildman–Crippen LogP) is 8.51. The van der Waals surface area contributed by atoms with Gasteiger partial charge in [-0.1, -0.05) is 127 Å². The molecule has 6 atom stereocenters. The van der Waals surface area contributed by atoms with Crippen LogP contribution in [0.2, 0.25) is 5.02 Å². The molecule has 58 heavy (non-hydrogen) atoms. The number of aliphatic hydroxyl groups excluding tert-OH is 2. The van der Waals surface area contributed by atoms with E-state index in [-0.39, 0.29) is 25.5 Å². The van der Waals surface area contributed by atoms with E-state index in [1.165, 1.54) is 94.3 Å². The highest BCUT2D eigenvalue weighted by molar-refractivity contribution is 7.47. The zero-order valence-corrected chi connectivity index (χ0v) is 35.8. The molecule has 1 aromatic carbocycles. The molecule has 13 nitrogen and oxygen atoms in total. The summed E-state index contributed by atoms with van der Waals surface area (Å²) < 4.78 is 43.0. The number of aryl methyl sites for hydroxylation is 1. The van der Waals surface area contributed by atoms with Crippen molar-refractivity contribution >= 4 is 24.9 Å². The van der Waals surface area contributed by atoms with Crippen molar-refractivity contribution in [2.24, 2.45) is 0 Å². The van der Waals surface area contributed by atoms with Crippen LogP contribution in [0.1, 0.15) is 132 Å². The number of phosphoric ester groups is 1. The average molecular weight is 845 g/mol. The first-order valence-electron chi connectivity index (χ1n) is 20.9. The molecule has 1 aliphatic heterocycles. The quantitative estimate of drug-likeness (QED) is 0.0345. The number of fused-ring (bicyclic) bond motifs is 1. The minimum atomic E-state index is -4.74. The van der Waals surface area contributed by atoms with Gasteiger partial charge >= 0.3 is 7.82 Å². The highest BCUT2D eigenvalue weighted by Gasteiger charge is 2.56.